The molecular weight excluding hydrogens is 224 g/mol. The molecule has 2 N–H and O–H groups in total. The number of imidazole rings is 1. The van der Waals surface area contributed by atoms with Crippen LogP contribution in [0.4, 0.5) is 0 Å². The van der Waals surface area contributed by atoms with Crippen molar-refractivity contribution < 1.29 is 0 Å². The second-order valence-electron chi connectivity index (χ2n) is 4.37. The van der Waals surface area contributed by atoms with Gasteiger partial charge in [0.15, 0.2) is 0 Å². The van der Waals surface area contributed by atoms with Crippen LogP contribution in [0.15, 0.2) is 49.1 Å². The van der Waals surface area contributed by atoms with Crippen molar-refractivity contribution in [3.05, 3.63) is 60.3 Å². The summed E-state index contributed by atoms with van der Waals surface area (Å²) in [7, 11) is 1.94. The fraction of sp³-hybridized carbons (Fsp3) is 0.143. The van der Waals surface area contributed by atoms with Crippen LogP contribution in [-0.2, 0) is 7.05 Å². The minimum Gasteiger partial charge on any atom is -0.336 e. The first-order valence-corrected chi connectivity index (χ1v) is 5.82. The number of rotatable bonds is 2. The maximum Gasteiger partial charge on any atom is 0.0946 e. The van der Waals surface area contributed by atoms with Crippen molar-refractivity contribution in [1.29, 1.82) is 0 Å². The molecule has 4 nitrogen and oxygen atoms in total. The summed E-state index contributed by atoms with van der Waals surface area (Å²) in [5.41, 5.74) is 9.21. The van der Waals surface area contributed by atoms with Crippen molar-refractivity contribution in [1.82, 2.24) is 14.5 Å². The Bertz CT molecular complexity index is 687. The van der Waals surface area contributed by atoms with Gasteiger partial charge in [0, 0.05) is 18.6 Å². The zero-order chi connectivity index (χ0) is 12.5. The standard InChI is InChI=1S/C14H14N4/c1-18-9-16-8-13(18)14(15)11-6-10-4-2-3-5-12(10)17-7-11/h2-9,14H,15H2,1H3. The predicted octanol–water partition coefficient (Wildman–Crippen LogP) is 2.02. The summed E-state index contributed by atoms with van der Waals surface area (Å²) in [5.74, 6) is 0. The lowest BCUT2D eigenvalue weighted by molar-refractivity contribution is 0.744. The topological polar surface area (TPSA) is 56.7 Å². The minimum atomic E-state index is -0.199. The molecule has 2 aromatic heterocycles. The molecule has 0 radical (unpaired) electrons. The van der Waals surface area contributed by atoms with Crippen molar-refractivity contribution in [2.24, 2.45) is 12.8 Å². The van der Waals surface area contributed by atoms with E-state index in [2.05, 4.69) is 16.0 Å². The fourth-order valence-electron chi connectivity index (χ4n) is 2.10. The normalized spacial score (nSPS) is 12.8. The molecule has 0 bridgehead atoms. The maximum absolute atomic E-state index is 6.25. The van der Waals surface area contributed by atoms with Gasteiger partial charge in [-0.25, -0.2) is 4.98 Å². The number of fused-ring (bicyclic) bond motifs is 1. The van der Waals surface area contributed by atoms with E-state index in [9.17, 15) is 0 Å². The molecule has 0 amide bonds. The zero-order valence-electron chi connectivity index (χ0n) is 10.1. The number of hydrogen-bond donors (Lipinski definition) is 1. The molecular formula is C14H14N4. The zero-order valence-corrected chi connectivity index (χ0v) is 10.1. The molecule has 18 heavy (non-hydrogen) atoms. The third-order valence-electron chi connectivity index (χ3n) is 3.14. The Balaban J connectivity index is 2.07. The van der Waals surface area contributed by atoms with Gasteiger partial charge in [-0.3, -0.25) is 4.98 Å². The first kappa shape index (κ1) is 10.9. The highest BCUT2D eigenvalue weighted by Gasteiger charge is 2.13. The van der Waals surface area contributed by atoms with Crippen LogP contribution in [0.5, 0.6) is 0 Å². The van der Waals surface area contributed by atoms with Gasteiger partial charge in [0.05, 0.1) is 29.8 Å². The molecule has 0 saturated heterocycles. The molecule has 2 heterocycles. The fourth-order valence-corrected chi connectivity index (χ4v) is 2.10. The second-order valence-corrected chi connectivity index (χ2v) is 4.37. The van der Waals surface area contributed by atoms with E-state index < -0.39 is 0 Å². The van der Waals surface area contributed by atoms with E-state index in [1.165, 1.54) is 0 Å². The van der Waals surface area contributed by atoms with Gasteiger partial charge in [0.1, 0.15) is 0 Å². The van der Waals surface area contributed by atoms with E-state index in [0.29, 0.717) is 0 Å². The molecule has 1 unspecified atom stereocenters. The molecule has 0 saturated carbocycles. The molecule has 3 rings (SSSR count). The van der Waals surface area contributed by atoms with Crippen LogP contribution in [-0.4, -0.2) is 14.5 Å². The Kier molecular flexibility index (Phi) is 2.57. The lowest BCUT2D eigenvalue weighted by Crippen LogP contribution is -2.15. The van der Waals surface area contributed by atoms with Crippen molar-refractivity contribution in [2.75, 3.05) is 0 Å². The third-order valence-corrected chi connectivity index (χ3v) is 3.14. The second kappa shape index (κ2) is 4.23. The van der Waals surface area contributed by atoms with Gasteiger partial charge in [-0.2, -0.15) is 0 Å². The van der Waals surface area contributed by atoms with Crippen LogP contribution < -0.4 is 5.73 Å². The maximum atomic E-state index is 6.25. The Morgan fingerprint density at radius 3 is 2.83 bits per heavy atom. The molecule has 0 aliphatic carbocycles. The molecule has 1 atom stereocenters. The summed E-state index contributed by atoms with van der Waals surface area (Å²) in [6.07, 6.45) is 5.38. The summed E-state index contributed by atoms with van der Waals surface area (Å²) in [4.78, 5) is 8.53. The van der Waals surface area contributed by atoms with Gasteiger partial charge >= 0.3 is 0 Å². The molecule has 90 valence electrons. The minimum absolute atomic E-state index is 0.199. The van der Waals surface area contributed by atoms with E-state index in [0.717, 1.165) is 22.2 Å². The number of hydrogen-bond acceptors (Lipinski definition) is 3. The summed E-state index contributed by atoms with van der Waals surface area (Å²) >= 11 is 0. The van der Waals surface area contributed by atoms with Gasteiger partial charge in [-0.15, -0.1) is 0 Å². The number of para-hydroxylation sites is 1. The van der Waals surface area contributed by atoms with Crippen LogP contribution in [0.3, 0.4) is 0 Å². The van der Waals surface area contributed by atoms with Crippen LogP contribution in [0.1, 0.15) is 17.3 Å². The van der Waals surface area contributed by atoms with E-state index in [-0.39, 0.29) is 6.04 Å². The van der Waals surface area contributed by atoms with Gasteiger partial charge in [-0.05, 0) is 17.7 Å². The lowest BCUT2D eigenvalue weighted by atomic mass is 10.0. The lowest BCUT2D eigenvalue weighted by Gasteiger charge is -2.12. The van der Waals surface area contributed by atoms with Gasteiger partial charge in [0.2, 0.25) is 0 Å². The van der Waals surface area contributed by atoms with Gasteiger partial charge in [0.25, 0.3) is 0 Å². The molecule has 0 aliphatic heterocycles. The number of nitrogens with zero attached hydrogens (tertiary/aromatic N) is 3. The first-order valence-electron chi connectivity index (χ1n) is 5.82. The number of pyridine rings is 1. The number of benzene rings is 1. The highest BCUT2D eigenvalue weighted by Crippen LogP contribution is 2.21. The van der Waals surface area contributed by atoms with Gasteiger partial charge < -0.3 is 10.3 Å². The predicted molar refractivity (Wildman–Crippen MR) is 71.0 cm³/mol. The Morgan fingerprint density at radius 2 is 2.06 bits per heavy atom. The molecule has 0 fully saturated rings. The quantitative estimate of drug-likeness (QED) is 0.743. The van der Waals surface area contributed by atoms with Crippen molar-refractivity contribution in [3.63, 3.8) is 0 Å². The SMILES string of the molecule is Cn1cncc1C(N)c1cnc2ccccc2c1. The summed E-state index contributed by atoms with van der Waals surface area (Å²) in [6, 6.07) is 9.91. The van der Waals surface area contributed by atoms with E-state index in [1.807, 2.05) is 42.1 Å². The van der Waals surface area contributed by atoms with Crippen LogP contribution in [0.25, 0.3) is 10.9 Å². The Hall–Kier alpha value is -2.20. The van der Waals surface area contributed by atoms with Crippen molar-refractivity contribution in [2.45, 2.75) is 6.04 Å². The average Bonchev–Trinajstić information content (AvgIpc) is 2.83. The van der Waals surface area contributed by atoms with Crippen LogP contribution >= 0.6 is 0 Å². The Morgan fingerprint density at radius 1 is 1.22 bits per heavy atom. The van der Waals surface area contributed by atoms with Crippen molar-refractivity contribution in [3.8, 4) is 0 Å². The summed E-state index contributed by atoms with van der Waals surface area (Å²) < 4.78 is 1.93. The number of nitrogens with two attached hydrogens (primary N) is 1. The number of aryl methyl sites for hydroxylation is 1. The largest absolute Gasteiger partial charge is 0.336 e. The van der Waals surface area contributed by atoms with Gasteiger partial charge in [-0.1, -0.05) is 18.2 Å². The van der Waals surface area contributed by atoms with Crippen LogP contribution in [0.2, 0.25) is 0 Å². The van der Waals surface area contributed by atoms with E-state index >= 15 is 0 Å². The highest BCUT2D eigenvalue weighted by molar-refractivity contribution is 5.78. The van der Waals surface area contributed by atoms with Crippen LogP contribution in [0, 0.1) is 0 Å². The first-order chi connectivity index (χ1) is 8.75. The summed E-state index contributed by atoms with van der Waals surface area (Å²) in [6.45, 7) is 0. The monoisotopic (exact) mass is 238 g/mol. The molecule has 0 spiro atoms. The summed E-state index contributed by atoms with van der Waals surface area (Å²) in [5, 5.41) is 1.10. The molecule has 4 heteroatoms. The third kappa shape index (κ3) is 1.76. The molecule has 0 aliphatic rings. The Labute approximate surface area is 105 Å². The van der Waals surface area contributed by atoms with Crippen molar-refractivity contribution >= 4 is 10.9 Å². The van der Waals surface area contributed by atoms with E-state index in [4.69, 9.17) is 5.73 Å². The highest BCUT2D eigenvalue weighted by atomic mass is 15.0. The molecule has 3 aromatic rings. The number of aromatic nitrogens is 3. The average molecular weight is 238 g/mol. The molecule has 1 aromatic carbocycles. The van der Waals surface area contributed by atoms with E-state index in [1.54, 1.807) is 12.5 Å². The smallest absolute Gasteiger partial charge is 0.0946 e.